The first-order valence-corrected chi connectivity index (χ1v) is 6.76. The molecular weight excluding hydrogens is 228 g/mol. The van der Waals surface area contributed by atoms with E-state index in [4.69, 9.17) is 10.6 Å². The summed E-state index contributed by atoms with van der Waals surface area (Å²) in [4.78, 5) is 8.97. The van der Waals surface area contributed by atoms with Crippen LogP contribution >= 0.6 is 0 Å². The van der Waals surface area contributed by atoms with Gasteiger partial charge in [-0.1, -0.05) is 12.8 Å². The van der Waals surface area contributed by atoms with E-state index in [1.165, 1.54) is 25.7 Å². The summed E-state index contributed by atoms with van der Waals surface area (Å²) in [5.41, 5.74) is 3.54. The highest BCUT2D eigenvalue weighted by atomic mass is 16.5. The summed E-state index contributed by atoms with van der Waals surface area (Å²) < 4.78 is 5.80. The van der Waals surface area contributed by atoms with Crippen LogP contribution in [0.4, 0.5) is 5.82 Å². The molecule has 0 aromatic carbocycles. The van der Waals surface area contributed by atoms with E-state index in [0.717, 1.165) is 30.3 Å². The van der Waals surface area contributed by atoms with Crippen molar-refractivity contribution in [3.05, 3.63) is 11.4 Å². The van der Waals surface area contributed by atoms with Gasteiger partial charge >= 0.3 is 0 Å². The van der Waals surface area contributed by atoms with Gasteiger partial charge in [0.1, 0.15) is 11.6 Å². The number of anilines is 1. The lowest BCUT2D eigenvalue weighted by atomic mass is 10.3. The molecule has 0 saturated heterocycles. The summed E-state index contributed by atoms with van der Waals surface area (Å²) in [5, 5.41) is 0. The van der Waals surface area contributed by atoms with Gasteiger partial charge in [0.25, 0.3) is 0 Å². The number of rotatable bonds is 6. The van der Waals surface area contributed by atoms with Crippen LogP contribution in [0.15, 0.2) is 0 Å². The second-order valence-corrected chi connectivity index (χ2v) is 5.36. The zero-order valence-electron chi connectivity index (χ0n) is 10.8. The zero-order chi connectivity index (χ0) is 12.5. The Morgan fingerprint density at radius 1 is 1.28 bits per heavy atom. The monoisotopic (exact) mass is 248 g/mol. The highest BCUT2D eigenvalue weighted by molar-refractivity contribution is 5.48. The van der Waals surface area contributed by atoms with Gasteiger partial charge < -0.3 is 10.2 Å². The summed E-state index contributed by atoms with van der Waals surface area (Å²) >= 11 is 0. The first kappa shape index (κ1) is 11.7. The average Bonchev–Trinajstić information content (AvgIpc) is 3.24. The van der Waals surface area contributed by atoms with Crippen LogP contribution in [0.2, 0.25) is 0 Å². The minimum Gasteiger partial charge on any atom is -0.477 e. The normalized spacial score (nSPS) is 18.8. The van der Waals surface area contributed by atoms with E-state index in [1.807, 2.05) is 6.92 Å². The van der Waals surface area contributed by atoms with Gasteiger partial charge in [0.15, 0.2) is 0 Å². The molecule has 1 aromatic heterocycles. The van der Waals surface area contributed by atoms with Crippen molar-refractivity contribution in [3.63, 3.8) is 0 Å². The van der Waals surface area contributed by atoms with Crippen molar-refractivity contribution in [2.24, 2.45) is 11.8 Å². The predicted molar refractivity (Wildman–Crippen MR) is 69.4 cm³/mol. The molecule has 5 heteroatoms. The number of nitrogen functional groups attached to an aromatic ring is 1. The molecular formula is C13H20N4O. The van der Waals surface area contributed by atoms with E-state index < -0.39 is 0 Å². The number of nitrogens with zero attached hydrogens (tertiary/aromatic N) is 2. The van der Waals surface area contributed by atoms with Crippen molar-refractivity contribution in [2.75, 3.05) is 12.0 Å². The van der Waals surface area contributed by atoms with Crippen molar-refractivity contribution in [3.8, 4) is 5.88 Å². The molecule has 18 heavy (non-hydrogen) atoms. The maximum atomic E-state index is 5.80. The van der Waals surface area contributed by atoms with Gasteiger partial charge in [-0.05, 0) is 32.1 Å². The van der Waals surface area contributed by atoms with Crippen LogP contribution in [0.5, 0.6) is 5.88 Å². The molecule has 0 radical (unpaired) electrons. The molecule has 2 aliphatic carbocycles. The zero-order valence-corrected chi connectivity index (χ0v) is 10.8. The van der Waals surface area contributed by atoms with E-state index >= 15 is 0 Å². The van der Waals surface area contributed by atoms with Gasteiger partial charge in [0, 0.05) is 5.92 Å². The molecule has 0 amide bonds. The summed E-state index contributed by atoms with van der Waals surface area (Å²) in [6, 6.07) is 0. The first-order chi connectivity index (χ1) is 8.78. The second-order valence-electron chi connectivity index (χ2n) is 5.36. The third-order valence-electron chi connectivity index (χ3n) is 3.66. The molecule has 1 aromatic rings. The Hall–Kier alpha value is -1.36. The van der Waals surface area contributed by atoms with E-state index in [2.05, 4.69) is 15.4 Å². The lowest BCUT2D eigenvalue weighted by molar-refractivity contribution is 0.288. The van der Waals surface area contributed by atoms with Crippen molar-refractivity contribution in [2.45, 2.75) is 44.9 Å². The molecule has 0 aliphatic heterocycles. The van der Waals surface area contributed by atoms with Crippen LogP contribution in [-0.4, -0.2) is 16.6 Å². The minimum atomic E-state index is 0.503. The third kappa shape index (κ3) is 2.56. The van der Waals surface area contributed by atoms with Crippen LogP contribution in [-0.2, 0) is 0 Å². The highest BCUT2D eigenvalue weighted by Gasteiger charge is 2.28. The van der Waals surface area contributed by atoms with Crippen molar-refractivity contribution in [1.82, 2.24) is 9.97 Å². The van der Waals surface area contributed by atoms with Gasteiger partial charge in [0.2, 0.25) is 5.88 Å². The fourth-order valence-corrected chi connectivity index (χ4v) is 2.05. The Morgan fingerprint density at radius 2 is 2.06 bits per heavy atom. The van der Waals surface area contributed by atoms with Crippen molar-refractivity contribution in [1.29, 1.82) is 0 Å². The minimum absolute atomic E-state index is 0.503. The third-order valence-corrected chi connectivity index (χ3v) is 3.66. The molecule has 3 rings (SSSR count). The van der Waals surface area contributed by atoms with Gasteiger partial charge in [0.05, 0.1) is 12.2 Å². The number of ether oxygens (including phenoxy) is 1. The quantitative estimate of drug-likeness (QED) is 0.596. The molecule has 1 heterocycles. The van der Waals surface area contributed by atoms with E-state index in [0.29, 0.717) is 17.6 Å². The van der Waals surface area contributed by atoms with E-state index in [9.17, 15) is 0 Å². The lowest BCUT2D eigenvalue weighted by Crippen LogP contribution is -2.14. The first-order valence-electron chi connectivity index (χ1n) is 6.76. The highest BCUT2D eigenvalue weighted by Crippen LogP contribution is 2.40. The fourth-order valence-electron chi connectivity index (χ4n) is 2.05. The van der Waals surface area contributed by atoms with Crippen LogP contribution in [0.3, 0.4) is 0 Å². The van der Waals surface area contributed by atoms with Crippen LogP contribution < -0.4 is 16.0 Å². The topological polar surface area (TPSA) is 73.1 Å². The summed E-state index contributed by atoms with van der Waals surface area (Å²) in [5.74, 6) is 9.13. The summed E-state index contributed by atoms with van der Waals surface area (Å²) in [6.45, 7) is 2.69. The average molecular weight is 248 g/mol. The molecule has 0 spiro atoms. The Labute approximate surface area is 107 Å². The maximum absolute atomic E-state index is 5.80. The van der Waals surface area contributed by atoms with Gasteiger partial charge in [-0.3, -0.25) is 0 Å². The standard InChI is InChI=1S/C13H20N4O/c1-8-11(17-14)15-12(10-4-5-10)16-13(8)18-7-6-9-2-3-9/h9-10H,2-7,14H2,1H3,(H,15,16,17). The number of hydrogen-bond acceptors (Lipinski definition) is 5. The second kappa shape index (κ2) is 4.72. The molecule has 0 unspecified atom stereocenters. The number of nitrogens with one attached hydrogen (secondary N) is 1. The molecule has 3 N–H and O–H groups in total. The van der Waals surface area contributed by atoms with Crippen molar-refractivity contribution < 1.29 is 4.74 Å². The number of hydrazine groups is 1. The number of nitrogens with two attached hydrogens (primary N) is 1. The molecule has 2 saturated carbocycles. The SMILES string of the molecule is Cc1c(NN)nc(C2CC2)nc1OCCC1CC1. The summed E-state index contributed by atoms with van der Waals surface area (Å²) in [6.07, 6.45) is 6.20. The Kier molecular flexibility index (Phi) is 3.07. The van der Waals surface area contributed by atoms with Crippen LogP contribution in [0.1, 0.15) is 49.4 Å². The molecule has 2 fully saturated rings. The number of aromatic nitrogens is 2. The molecule has 98 valence electrons. The van der Waals surface area contributed by atoms with E-state index in [-0.39, 0.29) is 0 Å². The summed E-state index contributed by atoms with van der Waals surface area (Å²) in [7, 11) is 0. The smallest absolute Gasteiger partial charge is 0.221 e. The fraction of sp³-hybridized carbons (Fsp3) is 0.692. The Bertz CT molecular complexity index is 441. The van der Waals surface area contributed by atoms with Crippen molar-refractivity contribution >= 4 is 5.82 Å². The number of hydrogen-bond donors (Lipinski definition) is 2. The largest absolute Gasteiger partial charge is 0.477 e. The molecule has 0 atom stereocenters. The lowest BCUT2D eigenvalue weighted by Gasteiger charge is -2.12. The van der Waals surface area contributed by atoms with Gasteiger partial charge in [-0.15, -0.1) is 0 Å². The van der Waals surface area contributed by atoms with Gasteiger partial charge in [-0.2, -0.15) is 4.98 Å². The molecule has 5 nitrogen and oxygen atoms in total. The van der Waals surface area contributed by atoms with Gasteiger partial charge in [-0.25, -0.2) is 10.8 Å². The van der Waals surface area contributed by atoms with Crippen LogP contribution in [0, 0.1) is 12.8 Å². The Balaban J connectivity index is 1.74. The Morgan fingerprint density at radius 3 is 2.67 bits per heavy atom. The molecule has 0 bridgehead atoms. The molecule has 2 aliphatic rings. The van der Waals surface area contributed by atoms with Crippen LogP contribution in [0.25, 0.3) is 0 Å². The maximum Gasteiger partial charge on any atom is 0.221 e. The predicted octanol–water partition coefficient (Wildman–Crippen LogP) is 2.13. The van der Waals surface area contributed by atoms with E-state index in [1.54, 1.807) is 0 Å².